The molecule has 1 aromatic carbocycles. The first-order valence-corrected chi connectivity index (χ1v) is 8.10. The van der Waals surface area contributed by atoms with Crippen LogP contribution >= 0.6 is 23.4 Å². The van der Waals surface area contributed by atoms with Gasteiger partial charge in [-0.25, -0.2) is 0 Å². The maximum Gasteiger partial charge on any atom is 0.573 e. The fourth-order valence-corrected chi connectivity index (χ4v) is 3.04. The second-order valence-electron chi connectivity index (χ2n) is 4.65. The molecule has 23 heavy (non-hydrogen) atoms. The molecule has 1 atom stereocenters. The maximum absolute atomic E-state index is 12.1. The molecule has 0 saturated carbocycles. The molecule has 1 N–H and O–H groups in total. The van der Waals surface area contributed by atoms with Crippen LogP contribution in [0.1, 0.15) is 17.2 Å². The molecule has 124 valence electrons. The summed E-state index contributed by atoms with van der Waals surface area (Å²) >= 11 is 7.49. The molecule has 0 radical (unpaired) electrons. The van der Waals surface area contributed by atoms with Gasteiger partial charge in [-0.1, -0.05) is 23.7 Å². The van der Waals surface area contributed by atoms with Crippen molar-refractivity contribution in [3.05, 3.63) is 52.8 Å². The summed E-state index contributed by atoms with van der Waals surface area (Å²) in [6.45, 7) is 0. The van der Waals surface area contributed by atoms with Crippen LogP contribution in [0.4, 0.5) is 13.2 Å². The summed E-state index contributed by atoms with van der Waals surface area (Å²) in [5.41, 5.74) is 1.22. The third-order valence-electron chi connectivity index (χ3n) is 3.04. The molecule has 1 aromatic heterocycles. The zero-order valence-electron chi connectivity index (χ0n) is 12.0. The van der Waals surface area contributed by atoms with E-state index in [1.54, 1.807) is 6.20 Å². The topological polar surface area (TPSA) is 42.4 Å². The third kappa shape index (κ3) is 5.02. The van der Waals surface area contributed by atoms with Gasteiger partial charge in [0.15, 0.2) is 0 Å². The molecule has 3 nitrogen and oxygen atoms in total. The lowest BCUT2D eigenvalue weighted by molar-refractivity contribution is -0.274. The van der Waals surface area contributed by atoms with Crippen molar-refractivity contribution in [3.63, 3.8) is 0 Å². The van der Waals surface area contributed by atoms with Crippen LogP contribution in [0.15, 0.2) is 41.6 Å². The Balaban J connectivity index is 2.13. The largest absolute Gasteiger partial charge is 0.573 e. The SMILES string of the molecule is CSc1cncc(Cl)c1C(O)Cc1ccc(OC(F)(F)F)cc1. The minimum Gasteiger partial charge on any atom is -0.406 e. The van der Waals surface area contributed by atoms with Gasteiger partial charge in [0.1, 0.15) is 5.75 Å². The smallest absolute Gasteiger partial charge is 0.406 e. The van der Waals surface area contributed by atoms with E-state index in [1.165, 1.54) is 42.2 Å². The Kier molecular flexibility index (Phi) is 5.78. The van der Waals surface area contributed by atoms with Crippen molar-refractivity contribution >= 4 is 23.4 Å². The summed E-state index contributed by atoms with van der Waals surface area (Å²) < 4.78 is 40.2. The van der Waals surface area contributed by atoms with E-state index in [-0.39, 0.29) is 12.2 Å². The molecular weight excluding hydrogens is 351 g/mol. The van der Waals surface area contributed by atoms with E-state index < -0.39 is 12.5 Å². The highest BCUT2D eigenvalue weighted by Crippen LogP contribution is 2.33. The van der Waals surface area contributed by atoms with Gasteiger partial charge in [-0.15, -0.1) is 24.9 Å². The number of benzene rings is 1. The minimum atomic E-state index is -4.72. The number of hydrogen-bond acceptors (Lipinski definition) is 4. The second-order valence-corrected chi connectivity index (χ2v) is 5.90. The van der Waals surface area contributed by atoms with Gasteiger partial charge in [-0.2, -0.15) is 0 Å². The van der Waals surface area contributed by atoms with Crippen molar-refractivity contribution in [1.29, 1.82) is 0 Å². The lowest BCUT2D eigenvalue weighted by Gasteiger charge is -2.16. The lowest BCUT2D eigenvalue weighted by atomic mass is 10.0. The van der Waals surface area contributed by atoms with Crippen LogP contribution in [-0.2, 0) is 6.42 Å². The van der Waals surface area contributed by atoms with Crippen LogP contribution < -0.4 is 4.74 Å². The Morgan fingerprint density at radius 3 is 2.48 bits per heavy atom. The molecule has 0 spiro atoms. The van der Waals surface area contributed by atoms with Crippen molar-refractivity contribution in [2.24, 2.45) is 0 Å². The van der Waals surface area contributed by atoms with E-state index >= 15 is 0 Å². The minimum absolute atomic E-state index is 0.212. The van der Waals surface area contributed by atoms with Gasteiger partial charge in [0.25, 0.3) is 0 Å². The summed E-state index contributed by atoms with van der Waals surface area (Å²) in [6.07, 6.45) is -0.507. The highest BCUT2D eigenvalue weighted by Gasteiger charge is 2.31. The predicted octanol–water partition coefficient (Wildman–Crippen LogP) is 4.63. The molecule has 0 fully saturated rings. The molecular formula is C15H13ClF3NO2S. The Hall–Kier alpha value is -1.44. The molecule has 2 rings (SSSR count). The Labute approximate surface area is 140 Å². The van der Waals surface area contributed by atoms with Crippen LogP contribution in [0.25, 0.3) is 0 Å². The van der Waals surface area contributed by atoms with Gasteiger partial charge in [0.2, 0.25) is 0 Å². The molecule has 1 unspecified atom stereocenters. The number of alkyl halides is 3. The fourth-order valence-electron chi connectivity index (χ4n) is 2.07. The van der Waals surface area contributed by atoms with Crippen LogP contribution in [-0.4, -0.2) is 22.7 Å². The number of nitrogens with zero attached hydrogens (tertiary/aromatic N) is 1. The first-order chi connectivity index (χ1) is 10.8. The summed E-state index contributed by atoms with van der Waals surface area (Å²) in [5.74, 6) is -0.303. The predicted molar refractivity (Wildman–Crippen MR) is 82.8 cm³/mol. The quantitative estimate of drug-likeness (QED) is 0.786. The van der Waals surface area contributed by atoms with E-state index in [4.69, 9.17) is 11.6 Å². The van der Waals surface area contributed by atoms with Crippen LogP contribution in [0.2, 0.25) is 5.02 Å². The first-order valence-electron chi connectivity index (χ1n) is 6.50. The zero-order valence-corrected chi connectivity index (χ0v) is 13.5. The highest BCUT2D eigenvalue weighted by atomic mass is 35.5. The van der Waals surface area contributed by atoms with Crippen molar-refractivity contribution in [3.8, 4) is 5.75 Å². The Morgan fingerprint density at radius 1 is 1.26 bits per heavy atom. The summed E-state index contributed by atoms with van der Waals surface area (Å²) in [4.78, 5) is 4.72. The average Bonchev–Trinajstić information content (AvgIpc) is 2.47. The normalized spacial score (nSPS) is 13.0. The van der Waals surface area contributed by atoms with Crippen molar-refractivity contribution in [2.45, 2.75) is 23.8 Å². The zero-order chi connectivity index (χ0) is 17.0. The van der Waals surface area contributed by atoms with E-state index in [0.717, 1.165) is 4.90 Å². The molecule has 8 heteroatoms. The van der Waals surface area contributed by atoms with Gasteiger partial charge in [0, 0.05) is 29.3 Å². The van der Waals surface area contributed by atoms with E-state index in [0.29, 0.717) is 16.1 Å². The van der Waals surface area contributed by atoms with Gasteiger partial charge in [-0.05, 0) is 24.0 Å². The van der Waals surface area contributed by atoms with Crippen LogP contribution in [0, 0.1) is 0 Å². The van der Waals surface area contributed by atoms with E-state index in [9.17, 15) is 18.3 Å². The molecule has 0 aliphatic heterocycles. The van der Waals surface area contributed by atoms with Gasteiger partial charge < -0.3 is 9.84 Å². The molecule has 1 heterocycles. The number of pyridine rings is 1. The Bertz CT molecular complexity index is 665. The van der Waals surface area contributed by atoms with Gasteiger partial charge in [0.05, 0.1) is 11.1 Å². The van der Waals surface area contributed by atoms with Gasteiger partial charge in [-0.3, -0.25) is 4.98 Å². The summed E-state index contributed by atoms with van der Waals surface area (Å²) in [6, 6.07) is 5.36. The first kappa shape index (κ1) is 17.9. The number of ether oxygens (including phenoxy) is 1. The molecule has 0 aliphatic carbocycles. The van der Waals surface area contributed by atoms with Gasteiger partial charge >= 0.3 is 6.36 Å². The van der Waals surface area contributed by atoms with Crippen LogP contribution in [0.3, 0.4) is 0 Å². The summed E-state index contributed by atoms with van der Waals surface area (Å²) in [5, 5.41) is 10.7. The lowest BCUT2D eigenvalue weighted by Crippen LogP contribution is -2.17. The van der Waals surface area contributed by atoms with E-state index in [1.807, 2.05) is 6.26 Å². The summed E-state index contributed by atoms with van der Waals surface area (Å²) in [7, 11) is 0. The van der Waals surface area contributed by atoms with Crippen molar-refractivity contribution in [1.82, 2.24) is 4.98 Å². The maximum atomic E-state index is 12.1. The second kappa shape index (κ2) is 7.42. The van der Waals surface area contributed by atoms with Crippen molar-refractivity contribution < 1.29 is 23.0 Å². The monoisotopic (exact) mass is 363 g/mol. The molecule has 0 saturated heterocycles. The number of thioether (sulfide) groups is 1. The average molecular weight is 364 g/mol. The molecule has 2 aromatic rings. The number of aliphatic hydroxyl groups excluding tert-OH is 1. The number of aromatic nitrogens is 1. The molecule has 0 amide bonds. The molecule has 0 aliphatic rings. The third-order valence-corrected chi connectivity index (χ3v) is 4.11. The standard InChI is InChI=1S/C15H13ClF3NO2S/c1-23-13-8-20-7-11(16)14(13)12(21)6-9-2-4-10(5-3-9)22-15(17,18)19/h2-5,7-8,12,21H,6H2,1H3. The fraction of sp³-hybridized carbons (Fsp3) is 0.267. The number of halogens is 4. The van der Waals surface area contributed by atoms with Crippen molar-refractivity contribution in [2.75, 3.05) is 6.26 Å². The number of hydrogen-bond donors (Lipinski definition) is 1. The number of rotatable bonds is 5. The Morgan fingerprint density at radius 2 is 1.91 bits per heavy atom. The molecule has 0 bridgehead atoms. The number of aliphatic hydroxyl groups is 1. The van der Waals surface area contributed by atoms with Crippen LogP contribution in [0.5, 0.6) is 5.75 Å². The van der Waals surface area contributed by atoms with E-state index in [2.05, 4.69) is 9.72 Å². The highest BCUT2D eigenvalue weighted by molar-refractivity contribution is 7.98.